The molecule has 26 heteroatoms. The Morgan fingerprint density at radius 2 is 0.378 bits per heavy atom. The zero-order valence-corrected chi connectivity index (χ0v) is 59.9. The maximum atomic E-state index is 9.75. The van der Waals surface area contributed by atoms with Crippen LogP contribution in [0.2, 0.25) is 0 Å². The molecule has 0 N–H and O–H groups in total. The van der Waals surface area contributed by atoms with E-state index < -0.39 is 46.0 Å². The maximum absolute atomic E-state index is 9.75. The lowest BCUT2D eigenvalue weighted by Gasteiger charge is -2.52. The summed E-state index contributed by atoms with van der Waals surface area (Å²) in [6.45, 7) is 30.2. The van der Waals surface area contributed by atoms with Gasteiger partial charge in [-0.2, -0.15) is 0 Å². The number of hydrogen-bond acceptors (Lipinski definition) is 16. The molecule has 0 spiro atoms. The number of rotatable bonds is 16. The molecule has 16 saturated heterocycles. The Kier molecular flexibility index (Phi) is 20.8. The van der Waals surface area contributed by atoms with Gasteiger partial charge in [-0.05, 0) is 250 Å². The highest BCUT2D eigenvalue weighted by Gasteiger charge is 2.68. The molecule has 16 heterocycles. The summed E-state index contributed by atoms with van der Waals surface area (Å²) >= 11 is 0. The zero-order chi connectivity index (χ0) is 61.0. The number of hydrogen-bond donors (Lipinski definition) is 0. The van der Waals surface area contributed by atoms with Gasteiger partial charge in [0.05, 0.1) is 24.2 Å². The fraction of sp³-hybridized carbons (Fsp3) is 1.00. The normalized spacial score (nSPS) is 36.8. The molecule has 0 aliphatic carbocycles. The molecule has 0 aromatic rings. The van der Waals surface area contributed by atoms with E-state index in [2.05, 4.69) is 58.8 Å². The average Bonchev–Trinajstić information content (AvgIpc) is 1.51. The number of likely N-dealkylation sites (tertiary alicyclic amines) is 12. The molecule has 8 atom stereocenters. The predicted octanol–water partition coefficient (Wildman–Crippen LogP) is 13.5. The summed E-state index contributed by atoms with van der Waals surface area (Å²) in [6, 6.07) is 2.18. The molecule has 16 fully saturated rings. The van der Waals surface area contributed by atoms with Crippen molar-refractivity contribution in [3.05, 3.63) is 0 Å². The van der Waals surface area contributed by atoms with E-state index in [4.69, 9.17) is 18.1 Å². The van der Waals surface area contributed by atoms with E-state index in [1.54, 1.807) is 0 Å². The van der Waals surface area contributed by atoms with Gasteiger partial charge in [-0.1, -0.05) is 0 Å². The lowest BCUT2D eigenvalue weighted by molar-refractivity contribution is -0.0213. The van der Waals surface area contributed by atoms with E-state index in [0.29, 0.717) is 24.2 Å². The molecule has 0 aromatic heterocycles. The molecular weight excluding hydrogens is 1230 g/mol. The first kappa shape index (κ1) is 66.0. The van der Waals surface area contributed by atoms with Crippen LogP contribution >= 0.6 is 38.7 Å². The zero-order valence-electron chi connectivity index (χ0n) is 55.4. The van der Waals surface area contributed by atoms with Crippen molar-refractivity contribution in [3.8, 4) is 0 Å². The first-order valence-corrected chi connectivity index (χ1v) is 45.3. The quantitative estimate of drug-likeness (QED) is 0.0838. The van der Waals surface area contributed by atoms with Crippen LogP contribution in [-0.4, -0.2) is 294 Å². The van der Waals surface area contributed by atoms with Crippen LogP contribution in [-0.2, 0) is 0 Å². The first-order chi connectivity index (χ1) is 44.1. The molecule has 8 unspecified atom stereocenters. The molecule has 4 radical (unpaired) electrons. The fourth-order valence-electron chi connectivity index (χ4n) is 22.3. The highest BCUT2D eigenvalue weighted by molar-refractivity contribution is 7.84. The van der Waals surface area contributed by atoms with Gasteiger partial charge in [-0.25, -0.2) is 0 Å². The third-order valence-electron chi connectivity index (χ3n) is 25.6. The van der Waals surface area contributed by atoms with Crippen molar-refractivity contribution in [2.24, 2.45) is 18.1 Å². The summed E-state index contributed by atoms with van der Waals surface area (Å²) < 4.78 is 68.8. The summed E-state index contributed by atoms with van der Waals surface area (Å²) in [5.74, 6) is 0. The van der Waals surface area contributed by atoms with Crippen molar-refractivity contribution in [3.63, 3.8) is 0 Å². The van der Waals surface area contributed by atoms with Crippen LogP contribution < -0.4 is 0 Å². The van der Waals surface area contributed by atoms with Gasteiger partial charge >= 0.3 is 15.1 Å². The van der Waals surface area contributed by atoms with Gasteiger partial charge in [0.1, 0.15) is 21.6 Å². The van der Waals surface area contributed by atoms with Crippen molar-refractivity contribution in [2.45, 2.75) is 226 Å². The molecule has 16 rings (SSSR count). The van der Waals surface area contributed by atoms with Gasteiger partial charge in [-0.15, -0.1) is 0 Å². The number of halogens is 4. The van der Waals surface area contributed by atoms with Crippen molar-refractivity contribution in [2.75, 3.05) is 182 Å². The molecule has 0 saturated carbocycles. The van der Waals surface area contributed by atoms with E-state index in [-0.39, 0.29) is 21.6 Å². The van der Waals surface area contributed by atoms with Gasteiger partial charge in [-0.3, -0.25) is 58.8 Å². The minimum Gasteiger partial charge on any atom is -0.418 e. The Hall–Kier alpha value is 0.135. The summed E-state index contributed by atoms with van der Waals surface area (Å²) in [5, 5.41) is -0.204. The van der Waals surface area contributed by atoms with Gasteiger partial charge in [0.25, 0.3) is 0 Å². The molecular formula is C64H116BF4N16P5. The second kappa shape index (κ2) is 28.4. The van der Waals surface area contributed by atoms with Gasteiger partial charge in [0.15, 0.2) is 0 Å². The molecule has 16 nitrogen and oxygen atoms in total. The lowest BCUT2D eigenvalue weighted by Crippen LogP contribution is -2.65. The second-order valence-corrected chi connectivity index (χ2v) is 41.9. The first-order valence-electron chi connectivity index (χ1n) is 37.8. The second-order valence-electron chi connectivity index (χ2n) is 30.4. The van der Waals surface area contributed by atoms with Gasteiger partial charge in [0, 0.05) is 160 Å². The Labute approximate surface area is 544 Å². The monoisotopic (exact) mass is 1350 g/mol. The molecule has 508 valence electrons. The smallest absolute Gasteiger partial charge is 0.418 e. The lowest BCUT2D eigenvalue weighted by atomic mass is 10.1. The van der Waals surface area contributed by atoms with Crippen LogP contribution in [0.4, 0.5) is 17.3 Å². The van der Waals surface area contributed by atoms with Crippen LogP contribution in [0.5, 0.6) is 0 Å². The van der Waals surface area contributed by atoms with Crippen molar-refractivity contribution >= 4 is 46.0 Å². The van der Waals surface area contributed by atoms with E-state index in [0.717, 1.165) is 0 Å². The Balaban J connectivity index is 0.00000130. The minimum absolute atomic E-state index is 0.0511. The summed E-state index contributed by atoms with van der Waals surface area (Å²) in [7, 11) is -12.9. The minimum atomic E-state index is -6.00. The Morgan fingerprint density at radius 3 is 0.522 bits per heavy atom. The van der Waals surface area contributed by atoms with Crippen LogP contribution in [0, 0.1) is 0 Å². The van der Waals surface area contributed by atoms with Crippen molar-refractivity contribution in [1.82, 2.24) is 58.8 Å². The Bertz CT molecular complexity index is 2150. The van der Waals surface area contributed by atoms with Crippen molar-refractivity contribution < 1.29 is 17.3 Å². The van der Waals surface area contributed by atoms with E-state index >= 15 is 0 Å². The summed E-state index contributed by atoms with van der Waals surface area (Å²) in [5.41, 5.74) is 0. The number of nitrogens with zero attached hydrogens (tertiary/aromatic N) is 16. The van der Waals surface area contributed by atoms with Crippen LogP contribution in [0.3, 0.4) is 0 Å². The standard InChI is InChI=1S/C64H116N16P5.BF4/c1-2-30-69(29-1)57-25-53-81(61(57,73-37-9-10-38-73)74-39-11-12-40-74)65-85(66-82-54-26-58(70-31-3-4-32-70)62(82,75-41-13-14-42-75)76-43-15-16-44-76,67-83-55-27-59(71-33-5-6-34-71)63(83,77-45-17-18-46-77)78-47-19-20-48-78)68-84-56-28-60(72-35-7-8-36-72)64(84,79-49-21-22-50-79)80-51-23-24-52-80;2-1(3,4)5/h57-60H,1-56H2;/q+1;-1. The largest absolute Gasteiger partial charge is 0.673 e. The van der Waals surface area contributed by atoms with E-state index in [1.165, 1.54) is 362 Å². The molecule has 0 bridgehead atoms. The summed E-state index contributed by atoms with van der Waals surface area (Å²) in [4.78, 5) is 37.7. The third kappa shape index (κ3) is 12.0. The fourth-order valence-corrected chi connectivity index (χ4v) is 43.3. The van der Waals surface area contributed by atoms with Gasteiger partial charge < -0.3 is 17.3 Å². The maximum Gasteiger partial charge on any atom is 0.673 e. The topological polar surface area (TPSA) is 88.3 Å². The molecule has 16 aliphatic heterocycles. The van der Waals surface area contributed by atoms with Crippen LogP contribution in [0.1, 0.15) is 180 Å². The molecule has 0 amide bonds. The van der Waals surface area contributed by atoms with Crippen LogP contribution in [0.15, 0.2) is 18.1 Å². The highest BCUT2D eigenvalue weighted by atomic mass is 31.3. The Morgan fingerprint density at radius 1 is 0.244 bits per heavy atom. The third-order valence-corrected chi connectivity index (χ3v) is 42.1. The SMILES string of the molecule is C1CCN(C2CC[P](=N[P+](N=[P]3CCC(N4CCCC4)C3(N3CCCC3)N3CCCC3)(N=[P]3CCC(N4CCCC4)C3(N3CCCC3)N3CCCC3)N=[P]3CCC(N4CCCC4)C3(N3CCCC3)N3CCCC3)C2(N2CCCC2)N2CCCC2)C1.F[B-](F)(F)F. The van der Waals surface area contributed by atoms with E-state index in [9.17, 15) is 17.3 Å². The van der Waals surface area contributed by atoms with E-state index in [1.807, 2.05) is 0 Å². The summed E-state index contributed by atoms with van der Waals surface area (Å²) in [6.07, 6.45) is 42.6. The highest BCUT2D eigenvalue weighted by Crippen LogP contribution is 2.84. The molecule has 90 heavy (non-hydrogen) atoms. The molecule has 0 aromatic carbocycles. The predicted molar refractivity (Wildman–Crippen MR) is 368 cm³/mol. The van der Waals surface area contributed by atoms with Crippen molar-refractivity contribution in [1.29, 1.82) is 0 Å². The average molecular weight is 1350 g/mol. The molecule has 16 aliphatic rings. The van der Waals surface area contributed by atoms with Gasteiger partial charge in [0.2, 0.25) is 0 Å². The van der Waals surface area contributed by atoms with Crippen LogP contribution in [0.25, 0.3) is 0 Å².